The molecular formula is C12H7ClFN3O. The van der Waals surface area contributed by atoms with Gasteiger partial charge in [0, 0.05) is 5.02 Å². The zero-order valence-corrected chi connectivity index (χ0v) is 9.78. The molecule has 0 spiro atoms. The van der Waals surface area contributed by atoms with Gasteiger partial charge in [-0.2, -0.15) is 0 Å². The summed E-state index contributed by atoms with van der Waals surface area (Å²) in [5.74, 6) is -0.111. The van der Waals surface area contributed by atoms with Crippen LogP contribution in [0.3, 0.4) is 0 Å². The fourth-order valence-corrected chi connectivity index (χ4v) is 1.97. The van der Waals surface area contributed by atoms with E-state index in [9.17, 15) is 9.18 Å². The molecule has 2 heterocycles. The largest absolute Gasteiger partial charge is 0.332 e. The summed E-state index contributed by atoms with van der Waals surface area (Å²) < 4.78 is 14.2. The Balaban J connectivity index is 2.34. The van der Waals surface area contributed by atoms with Gasteiger partial charge in [-0.15, -0.1) is 0 Å². The van der Waals surface area contributed by atoms with Gasteiger partial charge in [0.05, 0.1) is 17.2 Å². The van der Waals surface area contributed by atoms with Gasteiger partial charge in [0.2, 0.25) is 0 Å². The first-order valence-electron chi connectivity index (χ1n) is 5.17. The molecule has 0 amide bonds. The number of aromatic amines is 1. The summed E-state index contributed by atoms with van der Waals surface area (Å²) in [5.41, 5.74) is 0.911. The van der Waals surface area contributed by atoms with Crippen molar-refractivity contribution in [2.75, 3.05) is 0 Å². The van der Waals surface area contributed by atoms with Gasteiger partial charge in [0.25, 0.3) is 0 Å². The average Bonchev–Trinajstić information content (AvgIpc) is 2.66. The molecule has 0 radical (unpaired) electrons. The van der Waals surface area contributed by atoms with Crippen molar-refractivity contribution >= 4 is 22.6 Å². The number of pyridine rings is 1. The summed E-state index contributed by atoms with van der Waals surface area (Å²) in [6.45, 7) is 0. The number of H-pyrrole nitrogens is 1. The summed E-state index contributed by atoms with van der Waals surface area (Å²) in [5, 5.41) is 0.511. The predicted octanol–water partition coefficient (Wildman–Crippen LogP) is 2.51. The Hall–Kier alpha value is -2.14. The smallest absolute Gasteiger partial charge is 0.305 e. The second-order valence-electron chi connectivity index (χ2n) is 3.76. The third kappa shape index (κ3) is 1.69. The van der Waals surface area contributed by atoms with Crippen molar-refractivity contribution in [3.8, 4) is 5.82 Å². The molecule has 0 atom stereocenters. The number of hydrogen-bond acceptors (Lipinski definition) is 2. The van der Waals surface area contributed by atoms with Crippen molar-refractivity contribution in [1.29, 1.82) is 0 Å². The molecule has 3 aromatic rings. The molecule has 3 rings (SSSR count). The average molecular weight is 264 g/mol. The van der Waals surface area contributed by atoms with E-state index in [-0.39, 0.29) is 5.69 Å². The highest BCUT2D eigenvalue weighted by molar-refractivity contribution is 6.31. The third-order valence-electron chi connectivity index (χ3n) is 2.59. The molecule has 0 saturated carbocycles. The zero-order valence-electron chi connectivity index (χ0n) is 9.02. The number of hydrogen-bond donors (Lipinski definition) is 1. The van der Waals surface area contributed by atoms with Gasteiger partial charge in [-0.05, 0) is 30.3 Å². The topological polar surface area (TPSA) is 50.7 Å². The molecule has 1 N–H and O–H groups in total. The molecule has 0 aliphatic rings. The number of aromatic nitrogens is 3. The molecule has 0 aliphatic heterocycles. The van der Waals surface area contributed by atoms with E-state index >= 15 is 0 Å². The van der Waals surface area contributed by atoms with Crippen LogP contribution in [0, 0.1) is 5.82 Å². The first-order chi connectivity index (χ1) is 8.65. The van der Waals surface area contributed by atoms with E-state index in [0.29, 0.717) is 21.9 Å². The van der Waals surface area contributed by atoms with Crippen molar-refractivity contribution < 1.29 is 4.39 Å². The van der Waals surface area contributed by atoms with E-state index < -0.39 is 5.82 Å². The quantitative estimate of drug-likeness (QED) is 0.733. The minimum atomic E-state index is -0.454. The van der Waals surface area contributed by atoms with E-state index in [4.69, 9.17) is 11.6 Å². The van der Waals surface area contributed by atoms with Crippen LogP contribution in [0.2, 0.25) is 5.02 Å². The number of rotatable bonds is 1. The first kappa shape index (κ1) is 11.0. The molecule has 1 aromatic carbocycles. The number of fused-ring (bicyclic) bond motifs is 1. The SMILES string of the molecule is O=c1[nH]c2ccc(Cl)cc2n1-c1ccc(F)cn1. The Kier molecular flexibility index (Phi) is 2.41. The van der Waals surface area contributed by atoms with Crippen LogP contribution < -0.4 is 5.69 Å². The molecule has 2 aromatic heterocycles. The maximum Gasteiger partial charge on any atom is 0.332 e. The van der Waals surface area contributed by atoms with E-state index in [1.165, 1.54) is 16.7 Å². The first-order valence-corrected chi connectivity index (χ1v) is 5.55. The lowest BCUT2D eigenvalue weighted by molar-refractivity contribution is 0.620. The number of nitrogens with one attached hydrogen (secondary N) is 1. The maximum atomic E-state index is 12.8. The Morgan fingerprint density at radius 1 is 1.28 bits per heavy atom. The van der Waals surface area contributed by atoms with Crippen LogP contribution in [0.25, 0.3) is 16.9 Å². The summed E-state index contributed by atoms with van der Waals surface area (Å²) in [6, 6.07) is 7.73. The van der Waals surface area contributed by atoms with Crippen LogP contribution >= 0.6 is 11.6 Å². The van der Waals surface area contributed by atoms with Gasteiger partial charge < -0.3 is 4.98 Å². The van der Waals surface area contributed by atoms with Gasteiger partial charge in [0.1, 0.15) is 11.6 Å². The molecular weight excluding hydrogens is 257 g/mol. The van der Waals surface area contributed by atoms with E-state index in [1.807, 2.05) is 0 Å². The zero-order chi connectivity index (χ0) is 12.7. The van der Waals surface area contributed by atoms with Crippen LogP contribution in [-0.4, -0.2) is 14.5 Å². The highest BCUT2D eigenvalue weighted by atomic mass is 35.5. The van der Waals surface area contributed by atoms with Gasteiger partial charge >= 0.3 is 5.69 Å². The molecule has 0 fully saturated rings. The Labute approximate surface area is 106 Å². The van der Waals surface area contributed by atoms with Crippen molar-refractivity contribution in [2.24, 2.45) is 0 Å². The van der Waals surface area contributed by atoms with Gasteiger partial charge in [0.15, 0.2) is 0 Å². The van der Waals surface area contributed by atoms with Crippen LogP contribution in [0.1, 0.15) is 0 Å². The lowest BCUT2D eigenvalue weighted by atomic mass is 10.3. The highest BCUT2D eigenvalue weighted by Crippen LogP contribution is 2.18. The maximum absolute atomic E-state index is 12.8. The molecule has 0 saturated heterocycles. The minimum absolute atomic E-state index is 0.341. The molecule has 0 aliphatic carbocycles. The predicted molar refractivity (Wildman–Crippen MR) is 66.7 cm³/mol. The van der Waals surface area contributed by atoms with E-state index in [0.717, 1.165) is 6.20 Å². The van der Waals surface area contributed by atoms with E-state index in [2.05, 4.69) is 9.97 Å². The van der Waals surface area contributed by atoms with Crippen LogP contribution in [0.15, 0.2) is 41.3 Å². The van der Waals surface area contributed by atoms with Gasteiger partial charge in [-0.25, -0.2) is 18.7 Å². The Morgan fingerprint density at radius 2 is 2.11 bits per heavy atom. The van der Waals surface area contributed by atoms with Gasteiger partial charge in [-0.1, -0.05) is 11.6 Å². The molecule has 0 bridgehead atoms. The fourth-order valence-electron chi connectivity index (χ4n) is 1.80. The monoisotopic (exact) mass is 263 g/mol. The number of halogens is 2. The normalized spacial score (nSPS) is 11.0. The lowest BCUT2D eigenvalue weighted by Gasteiger charge is -2.01. The molecule has 6 heteroatoms. The summed E-state index contributed by atoms with van der Waals surface area (Å²) in [4.78, 5) is 18.4. The van der Waals surface area contributed by atoms with Crippen LogP contribution in [-0.2, 0) is 0 Å². The molecule has 0 unspecified atom stereocenters. The molecule has 90 valence electrons. The molecule has 18 heavy (non-hydrogen) atoms. The lowest BCUT2D eigenvalue weighted by Crippen LogP contribution is -2.15. The summed E-state index contributed by atoms with van der Waals surface area (Å²) >= 11 is 5.90. The number of nitrogens with zero attached hydrogens (tertiary/aromatic N) is 2. The highest BCUT2D eigenvalue weighted by Gasteiger charge is 2.10. The van der Waals surface area contributed by atoms with Crippen molar-refractivity contribution in [2.45, 2.75) is 0 Å². The standard InChI is InChI=1S/C12H7ClFN3O/c13-7-1-3-9-10(5-7)17(12(18)16-9)11-4-2-8(14)6-15-11/h1-6H,(H,16,18). The third-order valence-corrected chi connectivity index (χ3v) is 2.82. The Morgan fingerprint density at radius 3 is 2.83 bits per heavy atom. The van der Waals surface area contributed by atoms with Crippen LogP contribution in [0.4, 0.5) is 4.39 Å². The van der Waals surface area contributed by atoms with Crippen molar-refractivity contribution in [3.63, 3.8) is 0 Å². The number of imidazole rings is 1. The van der Waals surface area contributed by atoms with Gasteiger partial charge in [-0.3, -0.25) is 0 Å². The summed E-state index contributed by atoms with van der Waals surface area (Å²) in [6.07, 6.45) is 1.06. The van der Waals surface area contributed by atoms with E-state index in [1.54, 1.807) is 18.2 Å². The molecule has 4 nitrogen and oxygen atoms in total. The second kappa shape index (κ2) is 3.96. The fraction of sp³-hybridized carbons (Fsp3) is 0. The van der Waals surface area contributed by atoms with Crippen molar-refractivity contribution in [3.05, 3.63) is 57.9 Å². The van der Waals surface area contributed by atoms with Crippen LogP contribution in [0.5, 0.6) is 0 Å². The summed E-state index contributed by atoms with van der Waals surface area (Å²) in [7, 11) is 0. The Bertz CT molecular complexity index is 776. The second-order valence-corrected chi connectivity index (χ2v) is 4.20. The van der Waals surface area contributed by atoms with Crippen molar-refractivity contribution in [1.82, 2.24) is 14.5 Å². The minimum Gasteiger partial charge on any atom is -0.305 e. The number of benzene rings is 1.